The number of benzene rings is 1. The third-order valence-corrected chi connectivity index (χ3v) is 2.85. The molecule has 1 rings (SSSR count). The molecule has 0 aliphatic heterocycles. The Morgan fingerprint density at radius 1 is 1.35 bits per heavy atom. The number of aliphatic hydroxyl groups is 1. The Morgan fingerprint density at radius 3 is 2.59 bits per heavy atom. The van der Waals surface area contributed by atoms with E-state index in [-0.39, 0.29) is 12.0 Å². The maximum Gasteiger partial charge on any atom is 0.251 e. The van der Waals surface area contributed by atoms with Crippen LogP contribution in [-0.2, 0) is 0 Å². The van der Waals surface area contributed by atoms with Crippen LogP contribution in [0.25, 0.3) is 0 Å². The summed E-state index contributed by atoms with van der Waals surface area (Å²) in [6.07, 6.45) is -0.359. The lowest BCUT2D eigenvalue weighted by molar-refractivity contribution is 0.0953. The van der Waals surface area contributed by atoms with Gasteiger partial charge in [-0.15, -0.1) is 0 Å². The van der Waals surface area contributed by atoms with Crippen LogP contribution in [0.4, 0.5) is 0 Å². The smallest absolute Gasteiger partial charge is 0.251 e. The second-order valence-electron chi connectivity index (χ2n) is 3.82. The molecular formula is C12H17IN2O2. The first-order valence-corrected chi connectivity index (χ1v) is 6.60. The van der Waals surface area contributed by atoms with Crippen LogP contribution in [0.15, 0.2) is 24.3 Å². The number of hydrogen-bond donors (Lipinski definition) is 3. The van der Waals surface area contributed by atoms with Crippen molar-refractivity contribution in [2.45, 2.75) is 13.0 Å². The van der Waals surface area contributed by atoms with Crippen LogP contribution in [0, 0.1) is 3.57 Å². The van der Waals surface area contributed by atoms with Crippen LogP contribution in [0.2, 0.25) is 0 Å². The Morgan fingerprint density at radius 2 is 2.00 bits per heavy atom. The predicted molar refractivity (Wildman–Crippen MR) is 76.0 cm³/mol. The molecule has 5 heteroatoms. The molecule has 0 radical (unpaired) electrons. The van der Waals surface area contributed by atoms with Gasteiger partial charge in [-0.2, -0.15) is 0 Å². The molecule has 0 saturated carbocycles. The third-order valence-electron chi connectivity index (χ3n) is 2.13. The van der Waals surface area contributed by atoms with Crippen LogP contribution in [0.3, 0.4) is 0 Å². The second kappa shape index (κ2) is 7.62. The first-order chi connectivity index (χ1) is 8.09. The van der Waals surface area contributed by atoms with Crippen molar-refractivity contribution in [2.75, 3.05) is 19.6 Å². The van der Waals surface area contributed by atoms with Gasteiger partial charge in [0, 0.05) is 28.8 Å². The zero-order valence-corrected chi connectivity index (χ0v) is 11.9. The molecule has 17 heavy (non-hydrogen) atoms. The number of rotatable bonds is 6. The Kier molecular flexibility index (Phi) is 6.46. The number of aliphatic hydroxyl groups excluding tert-OH is 1. The van der Waals surface area contributed by atoms with E-state index in [1.807, 2.05) is 12.1 Å². The molecule has 0 spiro atoms. The molecule has 0 aliphatic rings. The van der Waals surface area contributed by atoms with E-state index in [0.29, 0.717) is 25.2 Å². The summed E-state index contributed by atoms with van der Waals surface area (Å²) in [4.78, 5) is 11.7. The normalized spacial score (nSPS) is 12.2. The van der Waals surface area contributed by atoms with Crippen molar-refractivity contribution in [3.63, 3.8) is 0 Å². The van der Waals surface area contributed by atoms with E-state index < -0.39 is 0 Å². The van der Waals surface area contributed by atoms with Gasteiger partial charge in [-0.1, -0.05) is 0 Å². The van der Waals surface area contributed by atoms with E-state index in [4.69, 9.17) is 5.11 Å². The molecule has 3 N–H and O–H groups in total. The van der Waals surface area contributed by atoms with Gasteiger partial charge in [-0.3, -0.25) is 4.79 Å². The fourth-order valence-corrected chi connectivity index (χ4v) is 1.64. The largest absolute Gasteiger partial charge is 0.392 e. The van der Waals surface area contributed by atoms with E-state index >= 15 is 0 Å². The Bertz CT molecular complexity index is 352. The Hall–Kier alpha value is -0.660. The average molecular weight is 348 g/mol. The number of carbonyl (C=O) groups excluding carboxylic acids is 1. The number of nitrogens with one attached hydrogen (secondary N) is 2. The summed E-state index contributed by atoms with van der Waals surface area (Å²) >= 11 is 2.20. The van der Waals surface area contributed by atoms with Crippen LogP contribution in [0.1, 0.15) is 17.3 Å². The highest BCUT2D eigenvalue weighted by Crippen LogP contribution is 2.06. The number of amides is 1. The Balaban J connectivity index is 2.23. The summed E-state index contributed by atoms with van der Waals surface area (Å²) in [6, 6.07) is 7.42. The lowest BCUT2D eigenvalue weighted by Gasteiger charge is -2.08. The van der Waals surface area contributed by atoms with E-state index in [1.54, 1.807) is 19.1 Å². The van der Waals surface area contributed by atoms with E-state index in [9.17, 15) is 4.79 Å². The van der Waals surface area contributed by atoms with Gasteiger partial charge < -0.3 is 15.7 Å². The van der Waals surface area contributed by atoms with E-state index in [0.717, 1.165) is 3.57 Å². The van der Waals surface area contributed by atoms with Gasteiger partial charge in [0.2, 0.25) is 0 Å². The fraction of sp³-hybridized carbons (Fsp3) is 0.417. The fourth-order valence-electron chi connectivity index (χ4n) is 1.28. The summed E-state index contributed by atoms with van der Waals surface area (Å²) < 4.78 is 1.11. The highest BCUT2D eigenvalue weighted by Gasteiger charge is 2.03. The first-order valence-electron chi connectivity index (χ1n) is 5.52. The van der Waals surface area contributed by atoms with Crippen molar-refractivity contribution < 1.29 is 9.90 Å². The molecule has 1 amide bonds. The van der Waals surface area contributed by atoms with Gasteiger partial charge in [0.15, 0.2) is 0 Å². The van der Waals surface area contributed by atoms with Gasteiger partial charge in [0.05, 0.1) is 6.10 Å². The molecule has 94 valence electrons. The van der Waals surface area contributed by atoms with Crippen molar-refractivity contribution >= 4 is 28.5 Å². The molecule has 1 aromatic rings. The summed E-state index contributed by atoms with van der Waals surface area (Å²) in [6.45, 7) is 3.47. The topological polar surface area (TPSA) is 61.4 Å². The van der Waals surface area contributed by atoms with Gasteiger partial charge >= 0.3 is 0 Å². The van der Waals surface area contributed by atoms with Crippen LogP contribution >= 0.6 is 22.6 Å². The first kappa shape index (κ1) is 14.4. The maximum atomic E-state index is 11.7. The monoisotopic (exact) mass is 348 g/mol. The van der Waals surface area contributed by atoms with Crippen LogP contribution in [-0.4, -0.2) is 36.8 Å². The van der Waals surface area contributed by atoms with E-state index in [1.165, 1.54) is 0 Å². The zero-order chi connectivity index (χ0) is 12.7. The van der Waals surface area contributed by atoms with Crippen LogP contribution in [0.5, 0.6) is 0 Å². The molecule has 1 aromatic carbocycles. The highest BCUT2D eigenvalue weighted by atomic mass is 127. The Labute approximate surface area is 115 Å². The molecule has 0 aliphatic carbocycles. The lowest BCUT2D eigenvalue weighted by Crippen LogP contribution is -2.34. The minimum atomic E-state index is -0.359. The van der Waals surface area contributed by atoms with Crippen molar-refractivity contribution in [3.8, 4) is 0 Å². The zero-order valence-electron chi connectivity index (χ0n) is 9.74. The predicted octanol–water partition coefficient (Wildman–Crippen LogP) is 0.991. The standard InChI is InChI=1S/C12H17IN2O2/c1-9(16)8-14-6-7-15-12(17)10-2-4-11(13)5-3-10/h2-5,9,14,16H,6-8H2,1H3,(H,15,17). The average Bonchev–Trinajstić information content (AvgIpc) is 2.29. The number of carbonyl (C=O) groups is 1. The van der Waals surface area contributed by atoms with Gasteiger partial charge in [0.1, 0.15) is 0 Å². The molecular weight excluding hydrogens is 331 g/mol. The molecule has 4 nitrogen and oxygen atoms in total. The second-order valence-corrected chi connectivity index (χ2v) is 5.06. The molecule has 0 saturated heterocycles. The molecule has 1 atom stereocenters. The molecule has 0 fully saturated rings. The van der Waals surface area contributed by atoms with Crippen molar-refractivity contribution in [1.29, 1.82) is 0 Å². The van der Waals surface area contributed by atoms with Crippen LogP contribution < -0.4 is 10.6 Å². The third kappa shape index (κ3) is 5.99. The number of halogens is 1. The van der Waals surface area contributed by atoms with Gasteiger partial charge in [-0.05, 0) is 53.8 Å². The highest BCUT2D eigenvalue weighted by molar-refractivity contribution is 14.1. The van der Waals surface area contributed by atoms with Gasteiger partial charge in [0.25, 0.3) is 5.91 Å². The number of hydrogen-bond acceptors (Lipinski definition) is 3. The lowest BCUT2D eigenvalue weighted by atomic mass is 10.2. The van der Waals surface area contributed by atoms with Crippen molar-refractivity contribution in [3.05, 3.63) is 33.4 Å². The summed E-state index contributed by atoms with van der Waals surface area (Å²) in [5, 5.41) is 14.9. The molecule has 0 aromatic heterocycles. The molecule has 0 heterocycles. The summed E-state index contributed by atoms with van der Waals surface area (Å²) in [5.41, 5.74) is 0.668. The minimum Gasteiger partial charge on any atom is -0.392 e. The minimum absolute atomic E-state index is 0.0692. The summed E-state index contributed by atoms with van der Waals surface area (Å²) in [7, 11) is 0. The molecule has 0 bridgehead atoms. The van der Waals surface area contributed by atoms with E-state index in [2.05, 4.69) is 33.2 Å². The van der Waals surface area contributed by atoms with Crippen molar-refractivity contribution in [1.82, 2.24) is 10.6 Å². The van der Waals surface area contributed by atoms with Crippen molar-refractivity contribution in [2.24, 2.45) is 0 Å². The van der Waals surface area contributed by atoms with Gasteiger partial charge in [-0.25, -0.2) is 0 Å². The molecule has 1 unspecified atom stereocenters. The summed E-state index contributed by atoms with van der Waals surface area (Å²) in [5.74, 6) is -0.0692. The SMILES string of the molecule is CC(O)CNCCNC(=O)c1ccc(I)cc1. The quantitative estimate of drug-likeness (QED) is 0.531. The maximum absolute atomic E-state index is 11.7.